The second-order valence-electron chi connectivity index (χ2n) is 7.41. The van der Waals surface area contributed by atoms with E-state index in [1.807, 2.05) is 0 Å². The highest BCUT2D eigenvalue weighted by atomic mass is 35.5. The molecule has 178 valence electrons. The molecule has 3 aromatic heterocycles. The van der Waals surface area contributed by atoms with Crippen LogP contribution in [0.15, 0.2) is 30.3 Å². The highest BCUT2D eigenvalue weighted by Gasteiger charge is 2.23. The summed E-state index contributed by atoms with van der Waals surface area (Å²) < 4.78 is 55.2. The number of aryl methyl sites for hydroxylation is 1. The number of nitrogens with zero attached hydrogens (tertiary/aromatic N) is 5. The van der Waals surface area contributed by atoms with Crippen molar-refractivity contribution in [2.45, 2.75) is 33.2 Å². The number of nitrogens with one attached hydrogen (secondary N) is 1. The van der Waals surface area contributed by atoms with Crippen molar-refractivity contribution in [1.82, 2.24) is 24.4 Å². The Balaban J connectivity index is 1.62. The zero-order chi connectivity index (χ0) is 24.7. The SMILES string of the molecule is Cc1nn(Cc2ccc(Cl)c(Cl)c2)c(C)c1NC(=O)c1cc2nc(C(F)F)cc(C(F)F)n2n1. The van der Waals surface area contributed by atoms with E-state index in [4.69, 9.17) is 23.2 Å². The summed E-state index contributed by atoms with van der Waals surface area (Å²) in [6, 6.07) is 6.80. The topological polar surface area (TPSA) is 77.1 Å². The maximum Gasteiger partial charge on any atom is 0.280 e. The lowest BCUT2D eigenvalue weighted by Crippen LogP contribution is -2.14. The number of rotatable bonds is 6. The fourth-order valence-corrected chi connectivity index (χ4v) is 3.74. The molecule has 0 saturated heterocycles. The second-order valence-corrected chi connectivity index (χ2v) is 8.23. The number of hydrogen-bond acceptors (Lipinski definition) is 4. The van der Waals surface area contributed by atoms with Gasteiger partial charge in [-0.15, -0.1) is 0 Å². The number of benzene rings is 1. The molecule has 0 atom stereocenters. The molecule has 1 aromatic carbocycles. The van der Waals surface area contributed by atoms with Crippen LogP contribution in [0, 0.1) is 13.8 Å². The minimum absolute atomic E-state index is 0.267. The van der Waals surface area contributed by atoms with Gasteiger partial charge >= 0.3 is 0 Å². The predicted molar refractivity (Wildman–Crippen MR) is 118 cm³/mol. The Morgan fingerprint density at radius 2 is 1.76 bits per heavy atom. The van der Waals surface area contributed by atoms with Gasteiger partial charge in [-0.3, -0.25) is 9.48 Å². The fraction of sp³-hybridized carbons (Fsp3) is 0.238. The van der Waals surface area contributed by atoms with E-state index in [1.54, 1.807) is 36.7 Å². The van der Waals surface area contributed by atoms with Crippen LogP contribution in [0.4, 0.5) is 23.2 Å². The molecule has 0 aliphatic carbocycles. The first kappa shape index (κ1) is 24.0. The Bertz CT molecular complexity index is 1400. The molecule has 0 unspecified atom stereocenters. The number of fused-ring (bicyclic) bond motifs is 1. The standard InChI is InChI=1S/C21H16Cl2F4N6O/c1-9-18(10(2)32(30-9)8-11-3-4-12(22)13(23)5-11)29-21(34)15-7-17-28-14(19(24)25)6-16(20(26)27)33(17)31-15/h3-7,19-20H,8H2,1-2H3,(H,29,34). The van der Waals surface area contributed by atoms with Crippen LogP contribution < -0.4 is 5.32 Å². The van der Waals surface area contributed by atoms with Crippen molar-refractivity contribution in [3.8, 4) is 0 Å². The third-order valence-corrected chi connectivity index (χ3v) is 5.83. The first-order valence-corrected chi connectivity index (χ1v) is 10.6. The lowest BCUT2D eigenvalue weighted by molar-refractivity contribution is 0.102. The molecule has 13 heteroatoms. The van der Waals surface area contributed by atoms with Crippen molar-refractivity contribution in [2.24, 2.45) is 0 Å². The first-order chi connectivity index (χ1) is 16.0. The van der Waals surface area contributed by atoms with Gasteiger partial charge in [-0.1, -0.05) is 29.3 Å². The smallest absolute Gasteiger partial charge is 0.280 e. The zero-order valence-corrected chi connectivity index (χ0v) is 19.2. The summed E-state index contributed by atoms with van der Waals surface area (Å²) >= 11 is 12.0. The predicted octanol–water partition coefficient (Wildman–Crippen LogP) is 6.03. The van der Waals surface area contributed by atoms with Gasteiger partial charge in [0.2, 0.25) is 0 Å². The largest absolute Gasteiger partial charge is 0.317 e. The molecule has 7 nitrogen and oxygen atoms in total. The molecule has 0 aliphatic heterocycles. The van der Waals surface area contributed by atoms with Gasteiger partial charge in [0.25, 0.3) is 18.8 Å². The minimum Gasteiger partial charge on any atom is -0.317 e. The van der Waals surface area contributed by atoms with Gasteiger partial charge in [0.15, 0.2) is 11.3 Å². The van der Waals surface area contributed by atoms with Crippen molar-refractivity contribution >= 4 is 40.4 Å². The summed E-state index contributed by atoms with van der Waals surface area (Å²) in [6.07, 6.45) is -6.15. The van der Waals surface area contributed by atoms with E-state index in [0.717, 1.165) is 11.6 Å². The van der Waals surface area contributed by atoms with E-state index < -0.39 is 30.1 Å². The van der Waals surface area contributed by atoms with Gasteiger partial charge in [-0.2, -0.15) is 10.2 Å². The summed E-state index contributed by atoms with van der Waals surface area (Å²) in [7, 11) is 0. The molecule has 1 N–H and O–H groups in total. The molecule has 0 spiro atoms. The average molecular weight is 515 g/mol. The highest BCUT2D eigenvalue weighted by molar-refractivity contribution is 6.42. The van der Waals surface area contributed by atoms with Gasteiger partial charge in [0, 0.05) is 6.07 Å². The molecule has 0 radical (unpaired) electrons. The summed E-state index contributed by atoms with van der Waals surface area (Å²) in [6.45, 7) is 3.77. The number of carbonyl (C=O) groups excluding carboxylic acids is 1. The van der Waals surface area contributed by atoms with Crippen LogP contribution in [0.3, 0.4) is 0 Å². The Labute approximate surface area is 200 Å². The molecule has 34 heavy (non-hydrogen) atoms. The van der Waals surface area contributed by atoms with Crippen LogP contribution in [0.25, 0.3) is 5.65 Å². The number of alkyl halides is 4. The van der Waals surface area contributed by atoms with Crippen LogP contribution >= 0.6 is 23.2 Å². The molecule has 1 amide bonds. The van der Waals surface area contributed by atoms with Crippen molar-refractivity contribution in [3.05, 3.63) is 74.4 Å². The van der Waals surface area contributed by atoms with E-state index in [0.29, 0.717) is 44.2 Å². The fourth-order valence-electron chi connectivity index (χ4n) is 3.42. The Morgan fingerprint density at radius 3 is 2.41 bits per heavy atom. The van der Waals surface area contributed by atoms with E-state index in [-0.39, 0.29) is 11.3 Å². The zero-order valence-electron chi connectivity index (χ0n) is 17.7. The maximum atomic E-state index is 13.4. The van der Waals surface area contributed by atoms with Gasteiger partial charge in [0.05, 0.1) is 33.7 Å². The monoisotopic (exact) mass is 514 g/mol. The maximum absolute atomic E-state index is 13.4. The van der Waals surface area contributed by atoms with E-state index >= 15 is 0 Å². The van der Waals surface area contributed by atoms with Gasteiger partial charge in [0.1, 0.15) is 11.4 Å². The number of anilines is 1. The highest BCUT2D eigenvalue weighted by Crippen LogP contribution is 2.27. The van der Waals surface area contributed by atoms with Crippen molar-refractivity contribution in [2.75, 3.05) is 5.32 Å². The quantitative estimate of drug-likeness (QED) is 0.319. The number of halogens is 6. The summed E-state index contributed by atoms with van der Waals surface area (Å²) in [4.78, 5) is 16.4. The molecular weight excluding hydrogens is 499 g/mol. The van der Waals surface area contributed by atoms with Crippen LogP contribution in [0.1, 0.15) is 51.7 Å². The third kappa shape index (κ3) is 4.58. The normalized spacial score (nSPS) is 11.7. The van der Waals surface area contributed by atoms with E-state index in [1.165, 1.54) is 0 Å². The Morgan fingerprint density at radius 1 is 1.03 bits per heavy atom. The molecule has 4 rings (SSSR count). The van der Waals surface area contributed by atoms with Gasteiger partial charge in [-0.25, -0.2) is 27.1 Å². The molecule has 0 bridgehead atoms. The third-order valence-electron chi connectivity index (χ3n) is 5.09. The minimum atomic E-state index is -3.09. The number of carbonyl (C=O) groups is 1. The van der Waals surface area contributed by atoms with Crippen molar-refractivity contribution in [3.63, 3.8) is 0 Å². The number of hydrogen-bond donors (Lipinski definition) is 1. The lowest BCUT2D eigenvalue weighted by Gasteiger charge is -2.07. The van der Waals surface area contributed by atoms with Gasteiger partial charge < -0.3 is 5.32 Å². The molecular formula is C21H16Cl2F4N6O. The summed E-state index contributed by atoms with van der Waals surface area (Å²) in [5.41, 5.74) is 0.175. The number of amides is 1. The van der Waals surface area contributed by atoms with Crippen LogP contribution in [-0.2, 0) is 6.54 Å². The molecule has 4 aromatic rings. The number of aromatic nitrogens is 5. The lowest BCUT2D eigenvalue weighted by atomic mass is 10.2. The molecule has 0 aliphatic rings. The average Bonchev–Trinajstić information content (AvgIpc) is 3.32. The van der Waals surface area contributed by atoms with Crippen LogP contribution in [0.5, 0.6) is 0 Å². The second kappa shape index (κ2) is 9.22. The Kier molecular flexibility index (Phi) is 6.50. The van der Waals surface area contributed by atoms with E-state index in [2.05, 4.69) is 20.5 Å². The molecule has 0 saturated carbocycles. The summed E-state index contributed by atoms with van der Waals surface area (Å²) in [5.74, 6) is -0.732. The van der Waals surface area contributed by atoms with Gasteiger partial charge in [-0.05, 0) is 37.6 Å². The molecule has 0 fully saturated rings. The molecule has 3 heterocycles. The van der Waals surface area contributed by atoms with Crippen molar-refractivity contribution < 1.29 is 22.4 Å². The van der Waals surface area contributed by atoms with Crippen LogP contribution in [0.2, 0.25) is 10.0 Å². The first-order valence-electron chi connectivity index (χ1n) is 9.81. The van der Waals surface area contributed by atoms with Crippen molar-refractivity contribution in [1.29, 1.82) is 0 Å². The van der Waals surface area contributed by atoms with Crippen LogP contribution in [-0.4, -0.2) is 30.3 Å². The van der Waals surface area contributed by atoms with E-state index in [9.17, 15) is 22.4 Å². The summed E-state index contributed by atoms with van der Waals surface area (Å²) in [5, 5.41) is 11.7. The Hall–Kier alpha value is -3.18.